The van der Waals surface area contributed by atoms with Crippen LogP contribution in [0, 0.1) is 11.3 Å². The lowest BCUT2D eigenvalue weighted by atomic mass is 9.93. The standard InChI is InChI=1S/C17H18N4O2/c1-21-15-7-4-6-14(13(15)10-19-21)20-17(22)11-23-16-8-3-2-5-12(16)9-18/h2-3,5,8,10,14H,4,6-7,11H2,1H3,(H,20,22)/t14-/m1/s1. The zero-order valence-electron chi connectivity index (χ0n) is 13.0. The van der Waals surface area contributed by atoms with Gasteiger partial charge in [-0.3, -0.25) is 9.48 Å². The molecule has 1 aliphatic rings. The molecular weight excluding hydrogens is 292 g/mol. The van der Waals surface area contributed by atoms with Crippen molar-refractivity contribution in [3.63, 3.8) is 0 Å². The summed E-state index contributed by atoms with van der Waals surface area (Å²) < 4.78 is 7.34. The van der Waals surface area contributed by atoms with Crippen LogP contribution in [0.5, 0.6) is 5.75 Å². The number of benzene rings is 1. The second kappa shape index (κ2) is 6.53. The van der Waals surface area contributed by atoms with Gasteiger partial charge in [0.15, 0.2) is 6.61 Å². The topological polar surface area (TPSA) is 79.9 Å². The number of hydrogen-bond donors (Lipinski definition) is 1. The number of carbonyl (C=O) groups is 1. The van der Waals surface area contributed by atoms with Gasteiger partial charge in [0.1, 0.15) is 11.8 Å². The molecule has 1 aliphatic carbocycles. The smallest absolute Gasteiger partial charge is 0.258 e. The Morgan fingerprint density at radius 1 is 1.52 bits per heavy atom. The first-order chi connectivity index (χ1) is 11.2. The van der Waals surface area contributed by atoms with Gasteiger partial charge in [0.25, 0.3) is 5.91 Å². The molecule has 0 spiro atoms. The monoisotopic (exact) mass is 310 g/mol. The van der Waals surface area contributed by atoms with Crippen LogP contribution in [-0.4, -0.2) is 22.3 Å². The number of ether oxygens (including phenoxy) is 1. The summed E-state index contributed by atoms with van der Waals surface area (Å²) in [6, 6.07) is 8.92. The van der Waals surface area contributed by atoms with E-state index < -0.39 is 0 Å². The highest BCUT2D eigenvalue weighted by Gasteiger charge is 2.24. The second-order valence-electron chi connectivity index (χ2n) is 5.58. The van der Waals surface area contributed by atoms with Gasteiger partial charge in [0, 0.05) is 18.3 Å². The lowest BCUT2D eigenvalue weighted by molar-refractivity contribution is -0.124. The molecule has 1 atom stereocenters. The van der Waals surface area contributed by atoms with Gasteiger partial charge in [-0.05, 0) is 31.4 Å². The van der Waals surface area contributed by atoms with Crippen LogP contribution < -0.4 is 10.1 Å². The van der Waals surface area contributed by atoms with Crippen LogP contribution in [0.25, 0.3) is 0 Å². The van der Waals surface area contributed by atoms with E-state index in [1.807, 2.05) is 24.0 Å². The summed E-state index contributed by atoms with van der Waals surface area (Å²) in [5.74, 6) is 0.232. The normalized spacial score (nSPS) is 16.3. The average Bonchev–Trinajstić information content (AvgIpc) is 2.96. The van der Waals surface area contributed by atoms with E-state index in [9.17, 15) is 4.79 Å². The molecule has 2 aromatic rings. The number of nitrogens with zero attached hydrogens (tertiary/aromatic N) is 3. The number of nitrogens with one attached hydrogen (secondary N) is 1. The highest BCUT2D eigenvalue weighted by Crippen LogP contribution is 2.29. The van der Waals surface area contributed by atoms with Crippen LogP contribution in [0.3, 0.4) is 0 Å². The summed E-state index contributed by atoms with van der Waals surface area (Å²) >= 11 is 0. The van der Waals surface area contributed by atoms with Crippen LogP contribution in [0.4, 0.5) is 0 Å². The molecule has 118 valence electrons. The lowest BCUT2D eigenvalue weighted by Gasteiger charge is -2.23. The highest BCUT2D eigenvalue weighted by molar-refractivity contribution is 5.78. The summed E-state index contributed by atoms with van der Waals surface area (Å²) in [6.45, 7) is -0.106. The third kappa shape index (κ3) is 3.19. The summed E-state index contributed by atoms with van der Waals surface area (Å²) in [7, 11) is 1.92. The third-order valence-corrected chi connectivity index (χ3v) is 4.08. The van der Waals surface area contributed by atoms with Crippen LogP contribution in [0.2, 0.25) is 0 Å². The Hall–Kier alpha value is -2.81. The first-order valence-corrected chi connectivity index (χ1v) is 7.61. The molecular formula is C17H18N4O2. The number of rotatable bonds is 4. The molecule has 0 fully saturated rings. The van der Waals surface area contributed by atoms with E-state index in [-0.39, 0.29) is 18.6 Å². The summed E-state index contributed by atoms with van der Waals surface area (Å²) in [5.41, 5.74) is 2.69. The van der Waals surface area contributed by atoms with E-state index in [4.69, 9.17) is 10.00 Å². The largest absolute Gasteiger partial charge is 0.482 e. The van der Waals surface area contributed by atoms with E-state index >= 15 is 0 Å². The average molecular weight is 310 g/mol. The minimum Gasteiger partial charge on any atom is -0.482 e. The van der Waals surface area contributed by atoms with Crippen molar-refractivity contribution < 1.29 is 9.53 Å². The Balaban J connectivity index is 1.61. The van der Waals surface area contributed by atoms with E-state index in [0.29, 0.717) is 11.3 Å². The number of fused-ring (bicyclic) bond motifs is 1. The highest BCUT2D eigenvalue weighted by atomic mass is 16.5. The Labute approximate surface area is 134 Å². The van der Waals surface area contributed by atoms with Crippen LogP contribution in [-0.2, 0) is 18.3 Å². The predicted molar refractivity (Wildman–Crippen MR) is 83.7 cm³/mol. The Bertz CT molecular complexity index is 760. The number of carbonyl (C=O) groups excluding carboxylic acids is 1. The van der Waals surface area contributed by atoms with Gasteiger partial charge >= 0.3 is 0 Å². The zero-order chi connectivity index (χ0) is 16.2. The number of aryl methyl sites for hydroxylation is 1. The number of nitriles is 1. The molecule has 0 radical (unpaired) electrons. The van der Waals surface area contributed by atoms with Crippen molar-refractivity contribution >= 4 is 5.91 Å². The third-order valence-electron chi connectivity index (χ3n) is 4.08. The molecule has 0 unspecified atom stereocenters. The first-order valence-electron chi connectivity index (χ1n) is 7.61. The van der Waals surface area contributed by atoms with Gasteiger partial charge in [-0.25, -0.2) is 0 Å². The molecule has 23 heavy (non-hydrogen) atoms. The van der Waals surface area contributed by atoms with Crippen molar-refractivity contribution in [3.05, 3.63) is 47.3 Å². The van der Waals surface area contributed by atoms with Crippen LogP contribution in [0.15, 0.2) is 30.5 Å². The van der Waals surface area contributed by atoms with Crippen molar-refractivity contribution in [3.8, 4) is 11.8 Å². The van der Waals surface area contributed by atoms with Crippen molar-refractivity contribution in [1.29, 1.82) is 5.26 Å². The van der Waals surface area contributed by atoms with Gasteiger partial charge in [0.05, 0.1) is 17.8 Å². The van der Waals surface area contributed by atoms with E-state index in [1.54, 1.807) is 24.3 Å². The fourth-order valence-electron chi connectivity index (χ4n) is 2.92. The van der Waals surface area contributed by atoms with E-state index in [1.165, 1.54) is 5.69 Å². The fourth-order valence-corrected chi connectivity index (χ4v) is 2.92. The Kier molecular flexibility index (Phi) is 4.29. The molecule has 0 saturated heterocycles. The minimum atomic E-state index is -0.195. The van der Waals surface area contributed by atoms with Gasteiger partial charge in [-0.1, -0.05) is 12.1 Å². The number of para-hydroxylation sites is 1. The predicted octanol–water partition coefficient (Wildman–Crippen LogP) is 1.86. The van der Waals surface area contributed by atoms with Crippen LogP contribution in [0.1, 0.15) is 35.7 Å². The maximum Gasteiger partial charge on any atom is 0.258 e. The van der Waals surface area contributed by atoms with Gasteiger partial charge < -0.3 is 10.1 Å². The maximum absolute atomic E-state index is 12.2. The van der Waals surface area contributed by atoms with Crippen molar-refractivity contribution in [1.82, 2.24) is 15.1 Å². The molecule has 1 N–H and O–H groups in total. The van der Waals surface area contributed by atoms with E-state index in [0.717, 1.165) is 24.8 Å². The van der Waals surface area contributed by atoms with Gasteiger partial charge in [-0.15, -0.1) is 0 Å². The molecule has 1 aromatic heterocycles. The minimum absolute atomic E-state index is 0.0187. The van der Waals surface area contributed by atoms with Gasteiger partial charge in [0.2, 0.25) is 0 Å². The molecule has 1 heterocycles. The molecule has 6 nitrogen and oxygen atoms in total. The quantitative estimate of drug-likeness (QED) is 0.935. The summed E-state index contributed by atoms with van der Waals surface area (Å²) in [4.78, 5) is 12.2. The van der Waals surface area contributed by atoms with Crippen molar-refractivity contribution in [2.75, 3.05) is 6.61 Å². The fraction of sp³-hybridized carbons (Fsp3) is 0.353. The molecule has 0 saturated carbocycles. The molecule has 3 rings (SSSR count). The van der Waals surface area contributed by atoms with Gasteiger partial charge in [-0.2, -0.15) is 10.4 Å². The molecule has 1 amide bonds. The molecule has 1 aromatic carbocycles. The SMILES string of the molecule is Cn1ncc2c1CCC[C@H]2NC(=O)COc1ccccc1C#N. The van der Waals surface area contributed by atoms with Crippen molar-refractivity contribution in [2.45, 2.75) is 25.3 Å². The molecule has 6 heteroatoms. The Morgan fingerprint density at radius 2 is 2.35 bits per heavy atom. The summed E-state index contributed by atoms with van der Waals surface area (Å²) in [6.07, 6.45) is 4.74. The van der Waals surface area contributed by atoms with Crippen LogP contribution >= 0.6 is 0 Å². The number of aromatic nitrogens is 2. The zero-order valence-corrected chi connectivity index (χ0v) is 13.0. The molecule has 0 bridgehead atoms. The Morgan fingerprint density at radius 3 is 3.17 bits per heavy atom. The number of hydrogen-bond acceptors (Lipinski definition) is 4. The maximum atomic E-state index is 12.2. The van der Waals surface area contributed by atoms with E-state index in [2.05, 4.69) is 10.4 Å². The lowest BCUT2D eigenvalue weighted by Crippen LogP contribution is -2.34. The second-order valence-corrected chi connectivity index (χ2v) is 5.58. The molecule has 0 aliphatic heterocycles. The summed E-state index contributed by atoms with van der Waals surface area (Å²) in [5, 5.41) is 16.3. The van der Waals surface area contributed by atoms with Crippen molar-refractivity contribution in [2.24, 2.45) is 7.05 Å². The number of amides is 1. The first kappa shape index (κ1) is 15.1.